The molecule has 0 unspecified atom stereocenters. The summed E-state index contributed by atoms with van der Waals surface area (Å²) >= 11 is 0. The third kappa shape index (κ3) is 4.22. The summed E-state index contributed by atoms with van der Waals surface area (Å²) < 4.78 is 18.9. The summed E-state index contributed by atoms with van der Waals surface area (Å²) in [5, 5.41) is 8.54. The van der Waals surface area contributed by atoms with Gasteiger partial charge in [0.1, 0.15) is 0 Å². The number of aliphatic carboxylic acids is 1. The lowest BCUT2D eigenvalue weighted by atomic mass is 10.1. The van der Waals surface area contributed by atoms with E-state index >= 15 is 0 Å². The number of pyridine rings is 1. The summed E-state index contributed by atoms with van der Waals surface area (Å²) in [7, 11) is 0. The van der Waals surface area contributed by atoms with Gasteiger partial charge >= 0.3 is 5.97 Å². The predicted octanol–water partition coefficient (Wildman–Crippen LogP) is 1.32. The largest absolute Gasteiger partial charge is 0.481 e. The van der Waals surface area contributed by atoms with Crippen LogP contribution in [0.2, 0.25) is 0 Å². The van der Waals surface area contributed by atoms with Crippen molar-refractivity contribution >= 4 is 11.9 Å². The molecular weight excluding hydrogens is 279 g/mol. The van der Waals surface area contributed by atoms with Crippen LogP contribution < -0.4 is 0 Å². The van der Waals surface area contributed by atoms with Crippen LogP contribution >= 0.6 is 0 Å². The van der Waals surface area contributed by atoms with Crippen LogP contribution in [0.25, 0.3) is 0 Å². The molecule has 0 aliphatic carbocycles. The molecule has 0 bridgehead atoms. The van der Waals surface area contributed by atoms with E-state index < -0.39 is 11.9 Å². The molecule has 6 nitrogen and oxygen atoms in total. The highest BCUT2D eigenvalue weighted by molar-refractivity contribution is 5.94. The number of amides is 1. The molecule has 1 N–H and O–H groups in total. The number of likely N-dealkylation sites (tertiary alicyclic amines) is 1. The Morgan fingerprint density at radius 3 is 2.76 bits per heavy atom. The van der Waals surface area contributed by atoms with E-state index in [-0.39, 0.29) is 30.6 Å². The lowest BCUT2D eigenvalue weighted by Gasteiger charge is -2.31. The van der Waals surface area contributed by atoms with Crippen molar-refractivity contribution in [2.45, 2.75) is 25.4 Å². The van der Waals surface area contributed by atoms with Gasteiger partial charge in [0.05, 0.1) is 24.7 Å². The van der Waals surface area contributed by atoms with E-state index in [0.717, 1.165) is 0 Å². The number of nitrogens with zero attached hydrogens (tertiary/aromatic N) is 2. The highest BCUT2D eigenvalue weighted by Crippen LogP contribution is 2.17. The Balaban J connectivity index is 1.82. The van der Waals surface area contributed by atoms with Crippen molar-refractivity contribution in [2.75, 3.05) is 19.7 Å². The highest BCUT2D eigenvalue weighted by atomic mass is 19.1. The van der Waals surface area contributed by atoms with Crippen molar-refractivity contribution in [3.63, 3.8) is 0 Å². The third-order valence-electron chi connectivity index (χ3n) is 3.39. The number of hydrogen-bond donors (Lipinski definition) is 1. The van der Waals surface area contributed by atoms with Gasteiger partial charge in [-0.1, -0.05) is 0 Å². The molecule has 2 rings (SSSR count). The zero-order valence-electron chi connectivity index (χ0n) is 11.5. The summed E-state index contributed by atoms with van der Waals surface area (Å²) in [6.45, 7) is 1.10. The minimum atomic E-state index is -0.894. The van der Waals surface area contributed by atoms with Gasteiger partial charge in [-0.15, -0.1) is 0 Å². The van der Waals surface area contributed by atoms with Gasteiger partial charge in [-0.25, -0.2) is 4.98 Å². The Bertz CT molecular complexity index is 515. The molecular formula is C14H17FN2O4. The lowest BCUT2D eigenvalue weighted by molar-refractivity contribution is -0.138. The molecule has 1 aliphatic rings. The summed E-state index contributed by atoms with van der Waals surface area (Å²) in [6, 6.07) is 2.94. The van der Waals surface area contributed by atoms with Crippen LogP contribution in [0.1, 0.15) is 29.6 Å². The fraction of sp³-hybridized carbons (Fsp3) is 0.500. The Labute approximate surface area is 121 Å². The molecule has 1 aromatic heterocycles. The van der Waals surface area contributed by atoms with E-state index in [4.69, 9.17) is 9.84 Å². The van der Waals surface area contributed by atoms with Crippen LogP contribution in [0, 0.1) is 5.95 Å². The van der Waals surface area contributed by atoms with Gasteiger partial charge in [0.15, 0.2) is 0 Å². The topological polar surface area (TPSA) is 79.7 Å². The molecule has 7 heteroatoms. The molecule has 0 aromatic carbocycles. The predicted molar refractivity (Wildman–Crippen MR) is 71.3 cm³/mol. The quantitative estimate of drug-likeness (QED) is 0.829. The number of carbonyl (C=O) groups is 2. The number of carbonyl (C=O) groups excluding carboxylic acids is 1. The Kier molecular flexibility index (Phi) is 5.21. The maximum Gasteiger partial charge on any atom is 0.305 e. The molecule has 21 heavy (non-hydrogen) atoms. The van der Waals surface area contributed by atoms with Crippen LogP contribution in [0.3, 0.4) is 0 Å². The molecule has 1 fully saturated rings. The van der Waals surface area contributed by atoms with Crippen molar-refractivity contribution in [3.8, 4) is 0 Å². The standard InChI is InChI=1S/C14H17FN2O4/c15-13-11(2-1-6-16-13)14(20)17-7-3-10(4-8-17)21-9-5-12(18)19/h1-2,6,10H,3-5,7-9H2,(H,18,19). The minimum Gasteiger partial charge on any atom is -0.481 e. The number of ether oxygens (including phenoxy) is 1. The molecule has 114 valence electrons. The molecule has 0 radical (unpaired) electrons. The molecule has 1 amide bonds. The number of hydrogen-bond acceptors (Lipinski definition) is 4. The number of piperidine rings is 1. The van der Waals surface area contributed by atoms with Crippen LogP contribution in [0.5, 0.6) is 0 Å². The first kappa shape index (κ1) is 15.4. The highest BCUT2D eigenvalue weighted by Gasteiger charge is 2.25. The van der Waals surface area contributed by atoms with Gasteiger partial charge in [-0.2, -0.15) is 4.39 Å². The molecule has 2 heterocycles. The molecule has 0 atom stereocenters. The Morgan fingerprint density at radius 2 is 2.14 bits per heavy atom. The van der Waals surface area contributed by atoms with E-state index in [1.165, 1.54) is 18.3 Å². The maximum absolute atomic E-state index is 13.5. The maximum atomic E-state index is 13.5. The third-order valence-corrected chi connectivity index (χ3v) is 3.39. The van der Waals surface area contributed by atoms with E-state index in [1.54, 1.807) is 4.90 Å². The molecule has 1 saturated heterocycles. The second kappa shape index (κ2) is 7.12. The summed E-state index contributed by atoms with van der Waals surface area (Å²) in [4.78, 5) is 27.6. The summed E-state index contributed by atoms with van der Waals surface area (Å²) in [6.07, 6.45) is 2.46. The summed E-state index contributed by atoms with van der Waals surface area (Å²) in [5.41, 5.74) is -0.0252. The second-order valence-corrected chi connectivity index (χ2v) is 4.85. The van der Waals surface area contributed by atoms with E-state index in [0.29, 0.717) is 25.9 Å². The summed E-state index contributed by atoms with van der Waals surface area (Å²) in [5.74, 6) is -2.03. The van der Waals surface area contributed by atoms with Gasteiger partial charge in [-0.3, -0.25) is 9.59 Å². The first-order valence-electron chi connectivity index (χ1n) is 6.81. The van der Waals surface area contributed by atoms with Crippen LogP contribution in [-0.4, -0.2) is 52.7 Å². The van der Waals surface area contributed by atoms with Gasteiger partial charge in [0, 0.05) is 19.3 Å². The molecule has 0 saturated carbocycles. The van der Waals surface area contributed by atoms with E-state index in [1.807, 2.05) is 0 Å². The van der Waals surface area contributed by atoms with Crippen molar-refractivity contribution < 1.29 is 23.8 Å². The number of carboxylic acids is 1. The van der Waals surface area contributed by atoms with Crippen LogP contribution in [-0.2, 0) is 9.53 Å². The van der Waals surface area contributed by atoms with Crippen molar-refractivity contribution in [1.82, 2.24) is 9.88 Å². The second-order valence-electron chi connectivity index (χ2n) is 4.85. The smallest absolute Gasteiger partial charge is 0.305 e. The van der Waals surface area contributed by atoms with Crippen LogP contribution in [0.15, 0.2) is 18.3 Å². The van der Waals surface area contributed by atoms with E-state index in [9.17, 15) is 14.0 Å². The average Bonchev–Trinajstić information content (AvgIpc) is 2.47. The number of carboxylic acid groups (broad SMARTS) is 1. The molecule has 1 aromatic rings. The number of rotatable bonds is 5. The molecule has 0 spiro atoms. The zero-order valence-corrected chi connectivity index (χ0v) is 11.5. The van der Waals surface area contributed by atoms with Gasteiger partial charge in [0.25, 0.3) is 5.91 Å². The first-order valence-corrected chi connectivity index (χ1v) is 6.81. The number of halogens is 1. The first-order chi connectivity index (χ1) is 10.1. The fourth-order valence-corrected chi connectivity index (χ4v) is 2.25. The van der Waals surface area contributed by atoms with Gasteiger partial charge in [-0.05, 0) is 25.0 Å². The number of aromatic nitrogens is 1. The lowest BCUT2D eigenvalue weighted by Crippen LogP contribution is -2.41. The van der Waals surface area contributed by atoms with Crippen molar-refractivity contribution in [2.24, 2.45) is 0 Å². The Hall–Kier alpha value is -2.02. The zero-order chi connectivity index (χ0) is 15.2. The SMILES string of the molecule is O=C(O)CCOC1CCN(C(=O)c2cccnc2F)CC1. The minimum absolute atomic E-state index is 0.0252. The van der Waals surface area contributed by atoms with Crippen molar-refractivity contribution in [3.05, 3.63) is 29.8 Å². The normalized spacial score (nSPS) is 16.0. The van der Waals surface area contributed by atoms with Gasteiger partial charge < -0.3 is 14.7 Å². The fourth-order valence-electron chi connectivity index (χ4n) is 2.25. The molecule has 1 aliphatic heterocycles. The average molecular weight is 296 g/mol. The van der Waals surface area contributed by atoms with Gasteiger partial charge in [0.2, 0.25) is 5.95 Å². The monoisotopic (exact) mass is 296 g/mol. The van der Waals surface area contributed by atoms with Crippen molar-refractivity contribution in [1.29, 1.82) is 0 Å². The Morgan fingerprint density at radius 1 is 1.43 bits per heavy atom. The van der Waals surface area contributed by atoms with Crippen LogP contribution in [0.4, 0.5) is 4.39 Å². The van der Waals surface area contributed by atoms with E-state index in [2.05, 4.69) is 4.98 Å².